The third-order valence-electron chi connectivity index (χ3n) is 3.45. The molecule has 0 aromatic heterocycles. The maximum atomic E-state index is 13.2. The minimum Gasteiger partial charge on any atom is -0.457 e. The van der Waals surface area contributed by atoms with Crippen molar-refractivity contribution in [2.75, 3.05) is 0 Å². The van der Waals surface area contributed by atoms with Gasteiger partial charge in [-0.3, -0.25) is 0 Å². The normalized spacial score (nSPS) is 13.9. The fraction of sp³-hybridized carbons (Fsp3) is 0.471. The highest BCUT2D eigenvalue weighted by atomic mass is 32.2. The van der Waals surface area contributed by atoms with E-state index in [-0.39, 0.29) is 6.61 Å². The number of benzene rings is 1. The van der Waals surface area contributed by atoms with Gasteiger partial charge >= 0.3 is 12.1 Å². The van der Waals surface area contributed by atoms with E-state index in [4.69, 9.17) is 4.74 Å². The molecule has 0 aliphatic rings. The van der Waals surface area contributed by atoms with Gasteiger partial charge in [-0.2, -0.15) is 13.2 Å². The van der Waals surface area contributed by atoms with Crippen molar-refractivity contribution in [1.29, 1.82) is 0 Å². The Balaban J connectivity index is 2.78. The van der Waals surface area contributed by atoms with Crippen LogP contribution in [0.15, 0.2) is 42.5 Å². The molecule has 0 spiro atoms. The Bertz CT molecular complexity index is 738. The lowest BCUT2D eigenvalue weighted by molar-refractivity contribution is -0.153. The Morgan fingerprint density at radius 3 is 2.19 bits per heavy atom. The van der Waals surface area contributed by atoms with Gasteiger partial charge in [0, 0.05) is 12.0 Å². The maximum absolute atomic E-state index is 13.2. The van der Waals surface area contributed by atoms with Gasteiger partial charge in [-0.05, 0) is 26.3 Å². The fourth-order valence-electron chi connectivity index (χ4n) is 1.74. The molecule has 0 amide bonds. The number of nitrogens with one attached hydrogen (secondary N) is 1. The molecule has 0 saturated carbocycles. The van der Waals surface area contributed by atoms with Crippen LogP contribution < -0.4 is 4.72 Å². The molecule has 146 valence electrons. The van der Waals surface area contributed by atoms with E-state index < -0.39 is 45.0 Å². The molecule has 1 N–H and O–H groups in total. The van der Waals surface area contributed by atoms with Gasteiger partial charge in [0.15, 0.2) is 0 Å². The van der Waals surface area contributed by atoms with Gasteiger partial charge in [-0.25, -0.2) is 17.9 Å². The molecule has 0 fully saturated rings. The van der Waals surface area contributed by atoms with Crippen molar-refractivity contribution >= 4 is 16.0 Å². The molecular weight excluding hydrogens is 371 g/mol. The number of rotatable bonds is 7. The van der Waals surface area contributed by atoms with Gasteiger partial charge in [0.05, 0.1) is 4.75 Å². The van der Waals surface area contributed by atoms with Gasteiger partial charge in [0.25, 0.3) is 0 Å². The van der Waals surface area contributed by atoms with Crippen LogP contribution in [0.3, 0.4) is 0 Å². The molecule has 1 aromatic carbocycles. The van der Waals surface area contributed by atoms with Gasteiger partial charge < -0.3 is 4.74 Å². The summed E-state index contributed by atoms with van der Waals surface area (Å²) in [5.74, 6) is -1.02. The molecule has 0 bridgehead atoms. The third-order valence-corrected chi connectivity index (χ3v) is 5.66. The van der Waals surface area contributed by atoms with Crippen LogP contribution in [0.1, 0.15) is 32.8 Å². The molecular formula is C17H22F3NO4S. The van der Waals surface area contributed by atoms with Crippen LogP contribution >= 0.6 is 0 Å². The largest absolute Gasteiger partial charge is 0.457 e. The Labute approximate surface area is 151 Å². The van der Waals surface area contributed by atoms with Crippen LogP contribution in [0.25, 0.3) is 0 Å². The Kier molecular flexibility index (Phi) is 7.01. The first kappa shape index (κ1) is 22.2. The summed E-state index contributed by atoms with van der Waals surface area (Å²) < 4.78 is 68.7. The van der Waals surface area contributed by atoms with E-state index in [1.807, 2.05) is 0 Å². The lowest BCUT2D eigenvalue weighted by atomic mass is 10.1. The van der Waals surface area contributed by atoms with Crippen molar-refractivity contribution in [2.45, 2.75) is 50.8 Å². The summed E-state index contributed by atoms with van der Waals surface area (Å²) in [5, 5.41) is 0. The highest BCUT2D eigenvalue weighted by Gasteiger charge is 2.45. The van der Waals surface area contributed by atoms with Crippen LogP contribution in [-0.4, -0.2) is 31.4 Å². The molecule has 5 nitrogen and oxygen atoms in total. The predicted molar refractivity (Wildman–Crippen MR) is 91.6 cm³/mol. The SMILES string of the molecule is C=C(C[C@H](NS(=O)(=O)C(C)(C)C)C(F)(F)F)C(=O)OCc1ccccc1. The highest BCUT2D eigenvalue weighted by molar-refractivity contribution is 7.90. The zero-order valence-electron chi connectivity index (χ0n) is 14.8. The molecule has 0 heterocycles. The topological polar surface area (TPSA) is 72.5 Å². The highest BCUT2D eigenvalue weighted by Crippen LogP contribution is 2.27. The number of sulfonamides is 1. The number of carbonyl (C=O) groups is 1. The van der Waals surface area contributed by atoms with Gasteiger partial charge in [-0.1, -0.05) is 36.9 Å². The second kappa shape index (κ2) is 8.22. The van der Waals surface area contributed by atoms with Crippen LogP contribution in [0.2, 0.25) is 0 Å². The number of alkyl halides is 3. The zero-order chi connectivity index (χ0) is 20.2. The summed E-state index contributed by atoms with van der Waals surface area (Å²) in [7, 11) is -4.27. The molecule has 1 rings (SSSR count). The minimum absolute atomic E-state index is 0.122. The number of ether oxygens (including phenoxy) is 1. The molecule has 9 heteroatoms. The quantitative estimate of drug-likeness (QED) is 0.570. The van der Waals surface area contributed by atoms with E-state index in [0.29, 0.717) is 5.56 Å². The summed E-state index contributed by atoms with van der Waals surface area (Å²) in [4.78, 5) is 11.9. The molecule has 0 unspecified atom stereocenters. The monoisotopic (exact) mass is 393 g/mol. The predicted octanol–water partition coefficient (Wildman–Crippen LogP) is 3.32. The van der Waals surface area contributed by atoms with Crippen molar-refractivity contribution in [3.63, 3.8) is 0 Å². The Morgan fingerprint density at radius 1 is 1.19 bits per heavy atom. The number of esters is 1. The first-order valence-corrected chi connectivity index (χ1v) is 9.20. The van der Waals surface area contributed by atoms with E-state index in [2.05, 4.69) is 6.58 Å². The van der Waals surface area contributed by atoms with Crippen molar-refractivity contribution in [3.8, 4) is 0 Å². The number of hydrogen-bond donors (Lipinski definition) is 1. The Hall–Kier alpha value is -1.87. The molecule has 0 radical (unpaired) electrons. The molecule has 0 aliphatic heterocycles. The van der Waals surface area contributed by atoms with Crippen LogP contribution in [-0.2, 0) is 26.2 Å². The van der Waals surface area contributed by atoms with Crippen LogP contribution in [0, 0.1) is 0 Å². The van der Waals surface area contributed by atoms with E-state index in [1.165, 1.54) is 20.8 Å². The summed E-state index contributed by atoms with van der Waals surface area (Å²) in [6.07, 6.45) is -5.83. The average molecular weight is 393 g/mol. The van der Waals surface area contributed by atoms with E-state index in [9.17, 15) is 26.4 Å². The second-order valence-corrected chi connectivity index (χ2v) is 9.16. The maximum Gasteiger partial charge on any atom is 0.405 e. The Morgan fingerprint density at radius 2 is 1.73 bits per heavy atom. The lowest BCUT2D eigenvalue weighted by Crippen LogP contribution is -2.51. The molecule has 1 aromatic rings. The van der Waals surface area contributed by atoms with E-state index in [0.717, 1.165) is 0 Å². The summed E-state index contributed by atoms with van der Waals surface area (Å²) in [6.45, 7) is 6.99. The second-order valence-electron chi connectivity index (χ2n) is 6.70. The molecule has 0 saturated heterocycles. The standard InChI is InChI=1S/C17H22F3NO4S/c1-12(15(22)25-11-13-8-6-5-7-9-13)10-14(17(18,19)20)21-26(23,24)16(2,3)4/h5-9,14,21H,1,10-11H2,2-4H3/t14-/m0/s1. The first-order chi connectivity index (χ1) is 11.7. The van der Waals surface area contributed by atoms with Gasteiger partial charge in [0.2, 0.25) is 10.0 Å². The summed E-state index contributed by atoms with van der Waals surface area (Å²) in [5.41, 5.74) is 0.189. The molecule has 26 heavy (non-hydrogen) atoms. The van der Waals surface area contributed by atoms with Gasteiger partial charge in [0.1, 0.15) is 12.6 Å². The van der Waals surface area contributed by atoms with E-state index in [1.54, 1.807) is 35.1 Å². The molecule has 0 aliphatic carbocycles. The third kappa shape index (κ3) is 6.45. The van der Waals surface area contributed by atoms with Crippen molar-refractivity contribution in [3.05, 3.63) is 48.0 Å². The minimum atomic E-state index is -4.89. The zero-order valence-corrected chi connectivity index (χ0v) is 15.6. The summed E-state index contributed by atoms with van der Waals surface area (Å²) >= 11 is 0. The first-order valence-electron chi connectivity index (χ1n) is 7.71. The lowest BCUT2D eigenvalue weighted by Gasteiger charge is -2.27. The molecule has 1 atom stereocenters. The number of hydrogen-bond acceptors (Lipinski definition) is 4. The van der Waals surface area contributed by atoms with E-state index >= 15 is 0 Å². The average Bonchev–Trinajstić information content (AvgIpc) is 2.50. The smallest absolute Gasteiger partial charge is 0.405 e. The number of halogens is 3. The number of carbonyl (C=O) groups excluding carboxylic acids is 1. The van der Waals surface area contributed by atoms with Crippen molar-refractivity contribution in [1.82, 2.24) is 4.72 Å². The fourth-order valence-corrected chi connectivity index (χ4v) is 2.69. The summed E-state index contributed by atoms with van der Waals surface area (Å²) in [6, 6.07) is 6.11. The van der Waals surface area contributed by atoms with Crippen molar-refractivity contribution in [2.24, 2.45) is 0 Å². The van der Waals surface area contributed by atoms with Gasteiger partial charge in [-0.15, -0.1) is 0 Å². The van der Waals surface area contributed by atoms with Crippen molar-refractivity contribution < 1.29 is 31.1 Å². The van der Waals surface area contributed by atoms with Crippen LogP contribution in [0.4, 0.5) is 13.2 Å². The van der Waals surface area contributed by atoms with Crippen LogP contribution in [0.5, 0.6) is 0 Å².